The molecule has 0 spiro atoms. The minimum absolute atomic E-state index is 0.0448. The molecule has 0 bridgehead atoms. The Morgan fingerprint density at radius 1 is 1.20 bits per heavy atom. The van der Waals surface area contributed by atoms with E-state index in [-0.39, 0.29) is 23.5 Å². The van der Waals surface area contributed by atoms with Gasteiger partial charge in [-0.15, -0.1) is 0 Å². The standard InChI is InChI=1S/C20H21FN2O2/c1-14(24)17-4-2-3-16(9-17)11-22-19-10-20(25)23(13-19)12-15-5-7-18(21)8-6-15/h2-9,19,22H,10-13H2,1H3. The van der Waals surface area contributed by atoms with Crippen molar-refractivity contribution < 1.29 is 14.0 Å². The summed E-state index contributed by atoms with van der Waals surface area (Å²) in [7, 11) is 0. The van der Waals surface area contributed by atoms with Crippen molar-refractivity contribution in [1.29, 1.82) is 0 Å². The molecule has 1 unspecified atom stereocenters. The normalized spacial score (nSPS) is 17.1. The highest BCUT2D eigenvalue weighted by atomic mass is 19.1. The molecule has 1 N–H and O–H groups in total. The van der Waals surface area contributed by atoms with Crippen molar-refractivity contribution in [2.75, 3.05) is 6.54 Å². The van der Waals surface area contributed by atoms with E-state index in [2.05, 4.69) is 5.32 Å². The molecule has 0 aromatic heterocycles. The highest BCUT2D eigenvalue weighted by Crippen LogP contribution is 2.16. The third-order valence-corrected chi connectivity index (χ3v) is 4.43. The molecule has 0 aliphatic carbocycles. The maximum absolute atomic E-state index is 13.0. The molecular formula is C20H21FN2O2. The van der Waals surface area contributed by atoms with Gasteiger partial charge in [0.15, 0.2) is 5.78 Å². The van der Waals surface area contributed by atoms with Gasteiger partial charge in [0.2, 0.25) is 5.91 Å². The third kappa shape index (κ3) is 4.51. The van der Waals surface area contributed by atoms with Crippen LogP contribution < -0.4 is 5.32 Å². The average Bonchev–Trinajstić information content (AvgIpc) is 2.95. The molecule has 1 saturated heterocycles. The van der Waals surface area contributed by atoms with Gasteiger partial charge in [0.1, 0.15) is 5.82 Å². The lowest BCUT2D eigenvalue weighted by molar-refractivity contribution is -0.128. The van der Waals surface area contributed by atoms with E-state index in [0.717, 1.165) is 11.1 Å². The molecule has 2 aromatic rings. The predicted octanol–water partition coefficient (Wildman–Crippen LogP) is 2.92. The van der Waals surface area contributed by atoms with E-state index in [1.54, 1.807) is 30.0 Å². The highest BCUT2D eigenvalue weighted by molar-refractivity contribution is 5.94. The second-order valence-corrected chi connectivity index (χ2v) is 6.44. The average molecular weight is 340 g/mol. The van der Waals surface area contributed by atoms with Gasteiger partial charge in [0, 0.05) is 37.7 Å². The number of nitrogens with zero attached hydrogens (tertiary/aromatic N) is 1. The summed E-state index contributed by atoms with van der Waals surface area (Å²) in [4.78, 5) is 25.4. The zero-order chi connectivity index (χ0) is 17.8. The summed E-state index contributed by atoms with van der Waals surface area (Å²) in [5, 5.41) is 3.39. The Morgan fingerprint density at radius 3 is 2.68 bits per heavy atom. The molecule has 25 heavy (non-hydrogen) atoms. The molecule has 1 atom stereocenters. The van der Waals surface area contributed by atoms with E-state index in [0.29, 0.717) is 31.6 Å². The van der Waals surface area contributed by atoms with Crippen LogP contribution in [-0.4, -0.2) is 29.2 Å². The first-order valence-electron chi connectivity index (χ1n) is 8.37. The van der Waals surface area contributed by atoms with Crippen LogP contribution in [0.2, 0.25) is 0 Å². The molecule has 1 aliphatic rings. The fourth-order valence-electron chi connectivity index (χ4n) is 3.03. The van der Waals surface area contributed by atoms with Crippen molar-refractivity contribution in [3.8, 4) is 0 Å². The summed E-state index contributed by atoms with van der Waals surface area (Å²) in [5.74, 6) is -0.133. The molecule has 0 radical (unpaired) electrons. The molecule has 0 saturated carbocycles. The van der Waals surface area contributed by atoms with Gasteiger partial charge in [-0.3, -0.25) is 9.59 Å². The number of likely N-dealkylation sites (tertiary alicyclic amines) is 1. The van der Waals surface area contributed by atoms with Crippen LogP contribution in [0.15, 0.2) is 48.5 Å². The van der Waals surface area contributed by atoms with Crippen molar-refractivity contribution in [2.45, 2.75) is 32.5 Å². The lowest BCUT2D eigenvalue weighted by atomic mass is 10.1. The lowest BCUT2D eigenvalue weighted by Crippen LogP contribution is -2.32. The van der Waals surface area contributed by atoms with Gasteiger partial charge in [0.25, 0.3) is 0 Å². The number of halogens is 1. The van der Waals surface area contributed by atoms with E-state index in [4.69, 9.17) is 0 Å². The molecular weight excluding hydrogens is 319 g/mol. The Bertz CT molecular complexity index is 774. The number of nitrogens with one attached hydrogen (secondary N) is 1. The largest absolute Gasteiger partial charge is 0.337 e. The van der Waals surface area contributed by atoms with Crippen molar-refractivity contribution in [3.05, 3.63) is 71.0 Å². The number of rotatable bonds is 6. The van der Waals surface area contributed by atoms with Crippen LogP contribution in [0.4, 0.5) is 4.39 Å². The molecule has 130 valence electrons. The Morgan fingerprint density at radius 2 is 1.96 bits per heavy atom. The summed E-state index contributed by atoms with van der Waals surface area (Å²) in [5.41, 5.74) is 2.64. The Kier molecular flexibility index (Phi) is 5.24. The van der Waals surface area contributed by atoms with Gasteiger partial charge in [-0.1, -0.05) is 30.3 Å². The number of amides is 1. The molecule has 1 heterocycles. The number of carbonyl (C=O) groups is 2. The first-order valence-corrected chi connectivity index (χ1v) is 8.37. The van der Waals surface area contributed by atoms with Crippen molar-refractivity contribution in [2.24, 2.45) is 0 Å². The topological polar surface area (TPSA) is 49.4 Å². The molecule has 3 rings (SSSR count). The molecule has 1 aliphatic heterocycles. The second kappa shape index (κ2) is 7.57. The minimum atomic E-state index is -0.274. The van der Waals surface area contributed by atoms with Crippen LogP contribution in [0, 0.1) is 5.82 Å². The van der Waals surface area contributed by atoms with Crippen molar-refractivity contribution in [3.63, 3.8) is 0 Å². The van der Waals surface area contributed by atoms with Gasteiger partial charge in [-0.05, 0) is 36.2 Å². The Balaban J connectivity index is 1.55. The van der Waals surface area contributed by atoms with Gasteiger partial charge in [-0.2, -0.15) is 0 Å². The number of ketones is 1. The minimum Gasteiger partial charge on any atom is -0.337 e. The van der Waals surface area contributed by atoms with E-state index < -0.39 is 0 Å². The van der Waals surface area contributed by atoms with Crippen LogP contribution in [0.25, 0.3) is 0 Å². The first kappa shape index (κ1) is 17.3. The van der Waals surface area contributed by atoms with E-state index >= 15 is 0 Å². The summed E-state index contributed by atoms with van der Waals surface area (Å²) >= 11 is 0. The first-order chi connectivity index (χ1) is 12.0. The Labute approximate surface area is 146 Å². The van der Waals surface area contributed by atoms with E-state index in [1.807, 2.05) is 18.2 Å². The second-order valence-electron chi connectivity index (χ2n) is 6.44. The summed E-state index contributed by atoms with van der Waals surface area (Å²) in [6, 6.07) is 13.8. The zero-order valence-corrected chi connectivity index (χ0v) is 14.2. The molecule has 1 amide bonds. The Hall–Kier alpha value is -2.53. The maximum Gasteiger partial charge on any atom is 0.224 e. The molecule has 5 heteroatoms. The van der Waals surface area contributed by atoms with Crippen molar-refractivity contribution in [1.82, 2.24) is 10.2 Å². The van der Waals surface area contributed by atoms with E-state index in [1.165, 1.54) is 12.1 Å². The van der Waals surface area contributed by atoms with Crippen molar-refractivity contribution >= 4 is 11.7 Å². The molecule has 4 nitrogen and oxygen atoms in total. The highest BCUT2D eigenvalue weighted by Gasteiger charge is 2.29. The number of carbonyl (C=O) groups excluding carboxylic acids is 2. The quantitative estimate of drug-likeness (QED) is 0.823. The van der Waals surface area contributed by atoms with Gasteiger partial charge >= 0.3 is 0 Å². The lowest BCUT2D eigenvalue weighted by Gasteiger charge is -2.17. The SMILES string of the molecule is CC(=O)c1cccc(CNC2CC(=O)N(Cc3ccc(F)cc3)C2)c1. The van der Waals surface area contributed by atoms with Crippen LogP contribution >= 0.6 is 0 Å². The predicted molar refractivity (Wildman–Crippen MR) is 93.5 cm³/mol. The van der Waals surface area contributed by atoms with Crippen LogP contribution in [0.3, 0.4) is 0 Å². The third-order valence-electron chi connectivity index (χ3n) is 4.43. The van der Waals surface area contributed by atoms with E-state index in [9.17, 15) is 14.0 Å². The van der Waals surface area contributed by atoms with Crippen LogP contribution in [0.5, 0.6) is 0 Å². The van der Waals surface area contributed by atoms with Crippen LogP contribution in [0.1, 0.15) is 34.8 Å². The number of Topliss-reactive ketones (excluding diaryl/α,β-unsaturated/α-hetero) is 1. The number of hydrogen-bond acceptors (Lipinski definition) is 3. The monoisotopic (exact) mass is 340 g/mol. The fourth-order valence-corrected chi connectivity index (χ4v) is 3.03. The zero-order valence-electron chi connectivity index (χ0n) is 14.2. The maximum atomic E-state index is 13.0. The van der Waals surface area contributed by atoms with Gasteiger partial charge < -0.3 is 10.2 Å². The summed E-state index contributed by atoms with van der Waals surface area (Å²) in [6.45, 7) is 3.29. The fraction of sp³-hybridized carbons (Fsp3) is 0.300. The van der Waals surface area contributed by atoms with Gasteiger partial charge in [0.05, 0.1) is 0 Å². The molecule has 1 fully saturated rings. The summed E-state index contributed by atoms with van der Waals surface area (Å²) < 4.78 is 13.0. The van der Waals surface area contributed by atoms with Gasteiger partial charge in [-0.25, -0.2) is 4.39 Å². The summed E-state index contributed by atoms with van der Waals surface area (Å²) in [6.07, 6.45) is 0.452. The number of benzene rings is 2. The molecule has 2 aromatic carbocycles. The number of hydrogen-bond donors (Lipinski definition) is 1. The van der Waals surface area contributed by atoms with Crippen LogP contribution in [-0.2, 0) is 17.9 Å². The smallest absolute Gasteiger partial charge is 0.224 e.